The molecule has 3 heterocycles. The second kappa shape index (κ2) is 5.70. The molecule has 1 spiro atoms. The van der Waals surface area contributed by atoms with Gasteiger partial charge in [0.25, 0.3) is 0 Å². The second-order valence-corrected chi connectivity index (χ2v) is 7.29. The maximum atomic E-state index is 13.2. The first kappa shape index (κ1) is 16.3. The molecule has 132 valence electrons. The Morgan fingerprint density at radius 3 is 2.88 bits per heavy atom. The summed E-state index contributed by atoms with van der Waals surface area (Å²) in [4.78, 5) is 27.6. The molecule has 1 aromatic carbocycles. The number of rotatable bonds is 4. The number of anilines is 1. The van der Waals surface area contributed by atoms with E-state index < -0.39 is 17.4 Å². The highest BCUT2D eigenvalue weighted by atomic mass is 16.6. The average Bonchev–Trinajstić information content (AvgIpc) is 3.22. The molecule has 2 fully saturated rings. The lowest BCUT2D eigenvalue weighted by atomic mass is 9.77. The molecule has 5 heteroatoms. The molecule has 0 unspecified atom stereocenters. The molecule has 1 aromatic rings. The lowest BCUT2D eigenvalue weighted by Crippen LogP contribution is -2.40. The Morgan fingerprint density at radius 1 is 1.40 bits per heavy atom. The number of amides is 1. The number of fused-ring (bicyclic) bond motifs is 1. The molecule has 2 bridgehead atoms. The molecule has 0 aliphatic carbocycles. The van der Waals surface area contributed by atoms with E-state index in [0.29, 0.717) is 6.54 Å². The minimum absolute atomic E-state index is 0.0431. The normalized spacial score (nSPS) is 32.6. The Kier molecular flexibility index (Phi) is 3.72. The van der Waals surface area contributed by atoms with E-state index in [1.54, 1.807) is 4.90 Å². The van der Waals surface area contributed by atoms with Crippen LogP contribution in [0.5, 0.6) is 0 Å². The van der Waals surface area contributed by atoms with Gasteiger partial charge in [-0.3, -0.25) is 9.59 Å². The van der Waals surface area contributed by atoms with Crippen LogP contribution in [-0.2, 0) is 25.5 Å². The van der Waals surface area contributed by atoms with E-state index in [-0.39, 0.29) is 24.1 Å². The van der Waals surface area contributed by atoms with Gasteiger partial charge < -0.3 is 14.4 Å². The number of hydrogen-bond donors (Lipinski definition) is 0. The summed E-state index contributed by atoms with van der Waals surface area (Å²) in [6.45, 7) is 6.16. The first-order valence-electron chi connectivity index (χ1n) is 8.94. The summed E-state index contributed by atoms with van der Waals surface area (Å²) in [7, 11) is 0. The number of hydrogen-bond acceptors (Lipinski definition) is 4. The summed E-state index contributed by atoms with van der Waals surface area (Å²) in [6, 6.07) is 7.91. The molecular formula is C20H23NO4. The highest BCUT2D eigenvalue weighted by Gasteiger charge is 2.67. The maximum absolute atomic E-state index is 13.2. The Morgan fingerprint density at radius 2 is 2.16 bits per heavy atom. The van der Waals surface area contributed by atoms with Crippen molar-refractivity contribution in [3.8, 4) is 0 Å². The number of ether oxygens (including phenoxy) is 2. The maximum Gasteiger partial charge on any atom is 0.313 e. The number of aryl methyl sites for hydroxylation is 1. The predicted molar refractivity (Wildman–Crippen MR) is 93.1 cm³/mol. The standard InChI is InChI=1S/C20H23NO4/c1-4-13-7-5-6-8-14(13)21-11-20-10-9-15(25-20)16(17(20)18(21)22)19(23)24-12(2)3/h5-10,12,15-17H,4,11H2,1-3H3/t15-,16+,17-,20-/m1/s1. The van der Waals surface area contributed by atoms with Crippen LogP contribution in [0.15, 0.2) is 36.4 Å². The lowest BCUT2D eigenvalue weighted by molar-refractivity contribution is -0.156. The van der Waals surface area contributed by atoms with Crippen molar-refractivity contribution in [3.05, 3.63) is 42.0 Å². The van der Waals surface area contributed by atoms with Gasteiger partial charge >= 0.3 is 5.97 Å². The van der Waals surface area contributed by atoms with Gasteiger partial charge in [0.2, 0.25) is 5.91 Å². The number of benzene rings is 1. The zero-order valence-electron chi connectivity index (χ0n) is 14.8. The molecule has 1 amide bonds. The van der Waals surface area contributed by atoms with Crippen molar-refractivity contribution in [2.24, 2.45) is 11.8 Å². The highest BCUT2D eigenvalue weighted by Crippen LogP contribution is 2.53. The van der Waals surface area contributed by atoms with Crippen molar-refractivity contribution in [2.45, 2.75) is 45.0 Å². The molecule has 4 rings (SSSR count). The van der Waals surface area contributed by atoms with E-state index in [1.165, 1.54) is 0 Å². The number of para-hydroxylation sites is 1. The van der Waals surface area contributed by atoms with E-state index in [2.05, 4.69) is 6.92 Å². The molecule has 4 atom stereocenters. The second-order valence-electron chi connectivity index (χ2n) is 7.29. The third-order valence-corrected chi connectivity index (χ3v) is 5.39. The minimum atomic E-state index is -0.705. The largest absolute Gasteiger partial charge is 0.463 e. The van der Waals surface area contributed by atoms with Gasteiger partial charge in [-0.2, -0.15) is 0 Å². The third-order valence-electron chi connectivity index (χ3n) is 5.39. The first-order chi connectivity index (χ1) is 12.0. The molecule has 0 aromatic heterocycles. The first-order valence-corrected chi connectivity index (χ1v) is 8.94. The Bertz CT molecular complexity index is 756. The summed E-state index contributed by atoms with van der Waals surface area (Å²) in [5.41, 5.74) is 1.32. The van der Waals surface area contributed by atoms with Crippen LogP contribution in [0.2, 0.25) is 0 Å². The molecule has 3 aliphatic rings. The fraction of sp³-hybridized carbons (Fsp3) is 0.500. The van der Waals surface area contributed by atoms with Crippen LogP contribution in [0.1, 0.15) is 26.3 Å². The molecule has 0 radical (unpaired) electrons. The van der Waals surface area contributed by atoms with Crippen molar-refractivity contribution in [1.29, 1.82) is 0 Å². The highest BCUT2D eigenvalue weighted by molar-refractivity contribution is 6.03. The number of nitrogens with zero attached hydrogens (tertiary/aromatic N) is 1. The Hall–Kier alpha value is -2.14. The third kappa shape index (κ3) is 2.33. The molecule has 25 heavy (non-hydrogen) atoms. The molecule has 0 N–H and O–H groups in total. The van der Waals surface area contributed by atoms with Gasteiger partial charge in [-0.15, -0.1) is 0 Å². The van der Waals surface area contributed by atoms with Gasteiger partial charge in [-0.05, 0) is 31.9 Å². The van der Waals surface area contributed by atoms with Crippen molar-refractivity contribution >= 4 is 17.6 Å². The van der Waals surface area contributed by atoms with Crippen LogP contribution < -0.4 is 4.90 Å². The van der Waals surface area contributed by atoms with Gasteiger partial charge in [0.05, 0.1) is 24.7 Å². The van der Waals surface area contributed by atoms with Crippen molar-refractivity contribution in [2.75, 3.05) is 11.4 Å². The zero-order valence-corrected chi connectivity index (χ0v) is 14.8. The van der Waals surface area contributed by atoms with Crippen LogP contribution in [0.3, 0.4) is 0 Å². The van der Waals surface area contributed by atoms with Crippen LogP contribution in [0, 0.1) is 11.8 Å². The van der Waals surface area contributed by atoms with Gasteiger partial charge in [-0.25, -0.2) is 0 Å². The van der Waals surface area contributed by atoms with Crippen molar-refractivity contribution < 1.29 is 19.1 Å². The number of carbonyl (C=O) groups is 2. The predicted octanol–water partition coefficient (Wildman–Crippen LogP) is 2.49. The van der Waals surface area contributed by atoms with E-state index in [4.69, 9.17) is 9.47 Å². The van der Waals surface area contributed by atoms with Crippen LogP contribution in [0.25, 0.3) is 0 Å². The van der Waals surface area contributed by atoms with Crippen LogP contribution in [0.4, 0.5) is 5.69 Å². The zero-order chi connectivity index (χ0) is 17.8. The van der Waals surface area contributed by atoms with Crippen molar-refractivity contribution in [1.82, 2.24) is 0 Å². The average molecular weight is 341 g/mol. The quantitative estimate of drug-likeness (QED) is 0.624. The van der Waals surface area contributed by atoms with Crippen molar-refractivity contribution in [3.63, 3.8) is 0 Å². The summed E-state index contributed by atoms with van der Waals surface area (Å²) in [6.07, 6.45) is 4.15. The molecular weight excluding hydrogens is 318 g/mol. The number of carbonyl (C=O) groups excluding carboxylic acids is 2. The monoisotopic (exact) mass is 341 g/mol. The SMILES string of the molecule is CCc1ccccc1N1C[C@@]23C=C[C@@H](O2)[C@H](C(=O)OC(C)C)[C@@H]3C1=O. The summed E-state index contributed by atoms with van der Waals surface area (Å²) < 4.78 is 11.5. The van der Waals surface area contributed by atoms with E-state index in [1.807, 2.05) is 50.3 Å². The Labute approximate surface area is 147 Å². The van der Waals surface area contributed by atoms with Gasteiger partial charge in [0, 0.05) is 5.69 Å². The van der Waals surface area contributed by atoms with E-state index in [9.17, 15) is 9.59 Å². The minimum Gasteiger partial charge on any atom is -0.463 e. The fourth-order valence-corrected chi connectivity index (χ4v) is 4.36. The molecule has 0 saturated carbocycles. The van der Waals surface area contributed by atoms with Crippen LogP contribution >= 0.6 is 0 Å². The molecule has 3 aliphatic heterocycles. The van der Waals surface area contributed by atoms with E-state index >= 15 is 0 Å². The van der Waals surface area contributed by atoms with E-state index in [0.717, 1.165) is 17.7 Å². The molecule has 5 nitrogen and oxygen atoms in total. The topological polar surface area (TPSA) is 55.8 Å². The fourth-order valence-electron chi connectivity index (χ4n) is 4.36. The van der Waals surface area contributed by atoms with Gasteiger partial charge in [0.15, 0.2) is 0 Å². The summed E-state index contributed by atoms with van der Waals surface area (Å²) in [5, 5.41) is 0. The molecule has 2 saturated heterocycles. The Balaban J connectivity index is 1.69. The van der Waals surface area contributed by atoms with Crippen LogP contribution in [-0.4, -0.2) is 36.2 Å². The summed E-state index contributed by atoms with van der Waals surface area (Å²) in [5.74, 6) is -1.44. The van der Waals surface area contributed by atoms with Gasteiger partial charge in [0.1, 0.15) is 11.5 Å². The van der Waals surface area contributed by atoms with Gasteiger partial charge in [-0.1, -0.05) is 37.3 Å². The number of esters is 1. The lowest BCUT2D eigenvalue weighted by Gasteiger charge is -2.24. The smallest absolute Gasteiger partial charge is 0.313 e. The summed E-state index contributed by atoms with van der Waals surface area (Å²) >= 11 is 0.